The molecule has 7 heteroatoms. The Hall–Kier alpha value is -1.50. The van der Waals surface area contributed by atoms with Crippen molar-refractivity contribution in [2.75, 3.05) is 11.4 Å². The summed E-state index contributed by atoms with van der Waals surface area (Å²) in [6.07, 6.45) is 1.30. The lowest BCUT2D eigenvalue weighted by molar-refractivity contribution is 0.0830. The number of amides is 1. The minimum Gasteiger partial charge on any atom is -0.447 e. The van der Waals surface area contributed by atoms with E-state index < -0.39 is 22.2 Å². The van der Waals surface area contributed by atoms with Crippen LogP contribution >= 0.6 is 0 Å². The highest BCUT2D eigenvalue weighted by atomic mass is 32.2. The van der Waals surface area contributed by atoms with E-state index in [1.807, 2.05) is 0 Å². The van der Waals surface area contributed by atoms with Crippen LogP contribution in [-0.4, -0.2) is 31.7 Å². The molecule has 88 valence electrons. The number of fused-ring (bicyclic) bond motifs is 1. The average Bonchev–Trinajstić information content (AvgIpc) is 2.62. The molecular weight excluding hydrogens is 232 g/mol. The molecule has 0 spiro atoms. The van der Waals surface area contributed by atoms with Crippen molar-refractivity contribution in [3.05, 3.63) is 17.9 Å². The van der Waals surface area contributed by atoms with Crippen LogP contribution in [0.25, 0.3) is 0 Å². The first-order valence-corrected chi connectivity index (χ1v) is 6.17. The number of anilines is 1. The second kappa shape index (κ2) is 3.24. The van der Waals surface area contributed by atoms with Gasteiger partial charge in [-0.1, -0.05) is 0 Å². The van der Waals surface area contributed by atoms with E-state index in [1.165, 1.54) is 19.4 Å². The van der Waals surface area contributed by atoms with E-state index in [9.17, 15) is 13.2 Å². The van der Waals surface area contributed by atoms with Crippen molar-refractivity contribution >= 4 is 22.0 Å². The fourth-order valence-electron chi connectivity index (χ4n) is 1.67. The van der Waals surface area contributed by atoms with Gasteiger partial charge < -0.3 is 4.42 Å². The lowest BCUT2D eigenvalue weighted by Crippen LogP contribution is -2.52. The topological polar surface area (TPSA) is 70.8 Å². The smallest absolute Gasteiger partial charge is 0.331 e. The van der Waals surface area contributed by atoms with Gasteiger partial charge in [-0.05, 0) is 19.9 Å². The molecule has 0 radical (unpaired) electrons. The third-order valence-corrected chi connectivity index (χ3v) is 4.37. The fraction of sp³-hybridized carbons (Fsp3) is 0.444. The van der Waals surface area contributed by atoms with Crippen molar-refractivity contribution in [1.29, 1.82) is 0 Å². The molecule has 0 saturated carbocycles. The van der Waals surface area contributed by atoms with Crippen LogP contribution in [0.1, 0.15) is 24.2 Å². The number of hydrogen-bond acceptors (Lipinski definition) is 4. The Bertz CT molecular complexity index is 531. The van der Waals surface area contributed by atoms with Gasteiger partial charge in [0.25, 0.3) is 5.91 Å². The molecule has 1 aromatic heterocycles. The Morgan fingerprint density at radius 1 is 1.38 bits per heavy atom. The van der Waals surface area contributed by atoms with Crippen LogP contribution in [0.3, 0.4) is 0 Å². The largest absolute Gasteiger partial charge is 0.447 e. The zero-order valence-corrected chi connectivity index (χ0v) is 9.98. The summed E-state index contributed by atoms with van der Waals surface area (Å²) in [5.41, 5.74) is 0.269. The van der Waals surface area contributed by atoms with Gasteiger partial charge in [0.1, 0.15) is 5.56 Å². The lowest BCUT2D eigenvalue weighted by Gasteiger charge is -2.34. The van der Waals surface area contributed by atoms with Crippen molar-refractivity contribution in [1.82, 2.24) is 4.31 Å². The predicted octanol–water partition coefficient (Wildman–Crippen LogP) is 0.825. The molecule has 0 atom stereocenters. The quantitative estimate of drug-likeness (QED) is 0.733. The molecular formula is C9H12N2O4S. The molecule has 16 heavy (non-hydrogen) atoms. The molecule has 0 N–H and O–H groups in total. The van der Waals surface area contributed by atoms with E-state index in [4.69, 9.17) is 4.42 Å². The lowest BCUT2D eigenvalue weighted by atomic mass is 10.2. The maximum atomic E-state index is 12.0. The Morgan fingerprint density at radius 2 is 2.00 bits per heavy atom. The van der Waals surface area contributed by atoms with Gasteiger partial charge in [0.15, 0.2) is 0 Å². The highest BCUT2D eigenvalue weighted by Crippen LogP contribution is 2.32. The molecule has 0 aliphatic carbocycles. The second-order valence-electron chi connectivity index (χ2n) is 3.81. The van der Waals surface area contributed by atoms with Crippen molar-refractivity contribution in [3.63, 3.8) is 0 Å². The molecule has 6 nitrogen and oxygen atoms in total. The highest BCUT2D eigenvalue weighted by Gasteiger charge is 2.43. The van der Waals surface area contributed by atoms with Crippen LogP contribution < -0.4 is 4.31 Å². The summed E-state index contributed by atoms with van der Waals surface area (Å²) in [5.74, 6) is -0.473. The van der Waals surface area contributed by atoms with E-state index in [0.29, 0.717) is 0 Å². The van der Waals surface area contributed by atoms with E-state index in [2.05, 4.69) is 0 Å². The number of furan rings is 1. The summed E-state index contributed by atoms with van der Waals surface area (Å²) in [6.45, 7) is 3.29. The van der Waals surface area contributed by atoms with Crippen LogP contribution in [0.15, 0.2) is 16.7 Å². The van der Waals surface area contributed by atoms with Gasteiger partial charge in [-0.25, -0.2) is 8.61 Å². The number of carbonyl (C=O) groups is 1. The summed E-state index contributed by atoms with van der Waals surface area (Å²) in [6, 6.07) is 1.04. The third kappa shape index (κ3) is 1.24. The minimum atomic E-state index is -3.81. The van der Waals surface area contributed by atoms with Crippen molar-refractivity contribution in [3.8, 4) is 0 Å². The number of nitrogens with zero attached hydrogens (tertiary/aromatic N) is 2. The summed E-state index contributed by atoms with van der Waals surface area (Å²) in [7, 11) is -2.45. The maximum absolute atomic E-state index is 12.0. The third-order valence-electron chi connectivity index (χ3n) is 2.43. The van der Waals surface area contributed by atoms with Crippen LogP contribution in [0.5, 0.6) is 0 Å². The van der Waals surface area contributed by atoms with Gasteiger partial charge in [0.05, 0.1) is 6.26 Å². The molecule has 1 aliphatic rings. The predicted molar refractivity (Wildman–Crippen MR) is 57.3 cm³/mol. The number of carbonyl (C=O) groups excluding carboxylic acids is 1. The van der Waals surface area contributed by atoms with Gasteiger partial charge in [-0.3, -0.25) is 4.79 Å². The van der Waals surface area contributed by atoms with Gasteiger partial charge in [-0.15, -0.1) is 0 Å². The van der Waals surface area contributed by atoms with Gasteiger partial charge in [-0.2, -0.15) is 8.42 Å². The summed E-state index contributed by atoms with van der Waals surface area (Å²) < 4.78 is 30.8. The fourth-order valence-corrected chi connectivity index (χ4v) is 3.12. The Balaban J connectivity index is 2.67. The first-order valence-electron chi connectivity index (χ1n) is 4.77. The average molecular weight is 244 g/mol. The molecule has 1 aliphatic heterocycles. The van der Waals surface area contributed by atoms with Crippen LogP contribution in [0.2, 0.25) is 0 Å². The molecule has 0 unspecified atom stereocenters. The molecule has 0 saturated heterocycles. The molecule has 0 aromatic carbocycles. The molecule has 0 bridgehead atoms. The Morgan fingerprint density at radius 3 is 2.56 bits per heavy atom. The summed E-state index contributed by atoms with van der Waals surface area (Å²) in [5, 5.41) is 0. The number of hydrogen-bond donors (Lipinski definition) is 0. The van der Waals surface area contributed by atoms with Gasteiger partial charge >= 0.3 is 10.2 Å². The summed E-state index contributed by atoms with van der Waals surface area (Å²) in [4.78, 5) is 11.9. The van der Waals surface area contributed by atoms with Crippen LogP contribution in [0, 0.1) is 0 Å². The van der Waals surface area contributed by atoms with Crippen LogP contribution in [0.4, 0.5) is 5.88 Å². The normalized spacial score (nSPS) is 19.1. The second-order valence-corrected chi connectivity index (χ2v) is 5.65. The van der Waals surface area contributed by atoms with E-state index in [0.717, 1.165) is 8.61 Å². The summed E-state index contributed by atoms with van der Waals surface area (Å²) >= 11 is 0. The van der Waals surface area contributed by atoms with Gasteiger partial charge in [0.2, 0.25) is 5.88 Å². The SMILES string of the molecule is CC(C)N1C(=O)c2ccoc2N(C)S1(=O)=O. The minimum absolute atomic E-state index is 0.0712. The van der Waals surface area contributed by atoms with E-state index in [-0.39, 0.29) is 11.4 Å². The van der Waals surface area contributed by atoms with Crippen molar-refractivity contribution in [2.24, 2.45) is 0 Å². The standard InChI is InChI=1S/C9H12N2O4S/c1-6(2)11-8(12)7-4-5-15-9(7)10(3)16(11,13)14/h4-6H,1-3H3. The molecule has 1 aromatic rings. The van der Waals surface area contributed by atoms with Gasteiger partial charge in [0, 0.05) is 13.1 Å². The Labute approximate surface area is 93.6 Å². The zero-order valence-electron chi connectivity index (χ0n) is 9.17. The maximum Gasteiger partial charge on any atom is 0.331 e. The Kier molecular flexibility index (Phi) is 2.23. The molecule has 2 rings (SSSR count). The van der Waals surface area contributed by atoms with E-state index in [1.54, 1.807) is 13.8 Å². The van der Waals surface area contributed by atoms with E-state index >= 15 is 0 Å². The molecule has 1 amide bonds. The molecule has 2 heterocycles. The monoisotopic (exact) mass is 244 g/mol. The van der Waals surface area contributed by atoms with Crippen molar-refractivity contribution < 1.29 is 17.6 Å². The first kappa shape index (κ1) is 11.0. The number of rotatable bonds is 1. The highest BCUT2D eigenvalue weighted by molar-refractivity contribution is 7.91. The van der Waals surface area contributed by atoms with Crippen molar-refractivity contribution in [2.45, 2.75) is 19.9 Å². The first-order chi connectivity index (χ1) is 7.37. The molecule has 0 fully saturated rings. The zero-order chi connectivity index (χ0) is 12.1. The van der Waals surface area contributed by atoms with Crippen LogP contribution in [-0.2, 0) is 10.2 Å².